The van der Waals surface area contributed by atoms with Crippen LogP contribution in [-0.2, 0) is 14.3 Å². The Morgan fingerprint density at radius 2 is 1.61 bits per heavy atom. The molecule has 0 saturated carbocycles. The molecule has 28 heavy (non-hydrogen) atoms. The van der Waals surface area contributed by atoms with Gasteiger partial charge in [-0.1, -0.05) is 35.3 Å². The SMILES string of the molecule is COCCCN1C(=O)C(=O)C(=C(O)c2ccc(Cl)cc2)[C@H]1c1ccc(Cl)cc1. The van der Waals surface area contributed by atoms with Crippen LogP contribution < -0.4 is 0 Å². The fraction of sp³-hybridized carbons (Fsp3) is 0.238. The van der Waals surface area contributed by atoms with E-state index in [9.17, 15) is 14.7 Å². The van der Waals surface area contributed by atoms with Crippen molar-refractivity contribution in [1.29, 1.82) is 0 Å². The van der Waals surface area contributed by atoms with Gasteiger partial charge in [-0.25, -0.2) is 0 Å². The Hall–Kier alpha value is -2.34. The minimum atomic E-state index is -0.718. The maximum absolute atomic E-state index is 12.8. The molecule has 1 amide bonds. The second-order valence-corrected chi connectivity index (χ2v) is 7.27. The van der Waals surface area contributed by atoms with Gasteiger partial charge in [-0.05, 0) is 48.4 Å². The van der Waals surface area contributed by atoms with E-state index >= 15 is 0 Å². The van der Waals surface area contributed by atoms with E-state index in [2.05, 4.69) is 0 Å². The summed E-state index contributed by atoms with van der Waals surface area (Å²) in [4.78, 5) is 26.9. The number of hydrogen-bond acceptors (Lipinski definition) is 4. The second kappa shape index (κ2) is 8.78. The van der Waals surface area contributed by atoms with E-state index in [1.54, 1.807) is 55.6 Å². The van der Waals surface area contributed by atoms with Crippen LogP contribution in [0.1, 0.15) is 23.6 Å². The maximum atomic E-state index is 12.8. The Morgan fingerprint density at radius 3 is 2.18 bits per heavy atom. The van der Waals surface area contributed by atoms with Crippen molar-refractivity contribution in [3.63, 3.8) is 0 Å². The molecule has 0 aliphatic carbocycles. The van der Waals surface area contributed by atoms with Crippen molar-refractivity contribution >= 4 is 40.7 Å². The first kappa shape index (κ1) is 20.4. The molecule has 1 N–H and O–H groups in total. The number of aliphatic hydroxyl groups is 1. The molecule has 0 unspecified atom stereocenters. The van der Waals surface area contributed by atoms with Crippen LogP contribution in [0.25, 0.3) is 5.76 Å². The van der Waals surface area contributed by atoms with Crippen LogP contribution in [-0.4, -0.2) is 42.0 Å². The number of ketones is 1. The van der Waals surface area contributed by atoms with Gasteiger partial charge in [0, 0.05) is 35.9 Å². The summed E-state index contributed by atoms with van der Waals surface area (Å²) in [6, 6.07) is 12.6. The smallest absolute Gasteiger partial charge is 0.295 e. The zero-order valence-corrected chi connectivity index (χ0v) is 16.7. The van der Waals surface area contributed by atoms with Crippen molar-refractivity contribution in [2.75, 3.05) is 20.3 Å². The molecule has 1 saturated heterocycles. The molecular weight excluding hydrogens is 401 g/mol. The number of amides is 1. The van der Waals surface area contributed by atoms with Crippen molar-refractivity contribution in [3.8, 4) is 0 Å². The summed E-state index contributed by atoms with van der Waals surface area (Å²) < 4.78 is 5.06. The summed E-state index contributed by atoms with van der Waals surface area (Å²) in [5.41, 5.74) is 1.15. The highest BCUT2D eigenvalue weighted by Gasteiger charge is 2.45. The Bertz CT molecular complexity index is 907. The minimum absolute atomic E-state index is 0.0482. The minimum Gasteiger partial charge on any atom is -0.507 e. The van der Waals surface area contributed by atoms with Crippen LogP contribution in [0.2, 0.25) is 10.0 Å². The lowest BCUT2D eigenvalue weighted by Crippen LogP contribution is -2.31. The molecule has 5 nitrogen and oxygen atoms in total. The summed E-state index contributed by atoms with van der Waals surface area (Å²) in [6.07, 6.45) is 0.564. The van der Waals surface area contributed by atoms with Crippen molar-refractivity contribution < 1.29 is 19.4 Å². The van der Waals surface area contributed by atoms with Gasteiger partial charge in [-0.15, -0.1) is 0 Å². The van der Waals surface area contributed by atoms with Crippen molar-refractivity contribution in [2.45, 2.75) is 12.5 Å². The number of halogens is 2. The molecule has 0 spiro atoms. The molecule has 0 aromatic heterocycles. The summed E-state index contributed by atoms with van der Waals surface area (Å²) >= 11 is 11.9. The molecule has 0 radical (unpaired) electrons. The van der Waals surface area contributed by atoms with Crippen LogP contribution in [0, 0.1) is 0 Å². The van der Waals surface area contributed by atoms with Crippen LogP contribution >= 0.6 is 23.2 Å². The molecule has 7 heteroatoms. The van der Waals surface area contributed by atoms with Gasteiger partial charge in [-0.2, -0.15) is 0 Å². The number of benzene rings is 2. The van der Waals surface area contributed by atoms with Gasteiger partial charge >= 0.3 is 0 Å². The lowest BCUT2D eigenvalue weighted by Gasteiger charge is -2.25. The Morgan fingerprint density at radius 1 is 1.04 bits per heavy atom. The number of rotatable bonds is 6. The first-order valence-corrected chi connectivity index (χ1v) is 9.48. The number of nitrogens with zero attached hydrogens (tertiary/aromatic N) is 1. The highest BCUT2D eigenvalue weighted by atomic mass is 35.5. The normalized spacial score (nSPS) is 18.7. The largest absolute Gasteiger partial charge is 0.507 e. The molecule has 1 aliphatic heterocycles. The van der Waals surface area contributed by atoms with Gasteiger partial charge in [0.1, 0.15) is 5.76 Å². The van der Waals surface area contributed by atoms with Crippen LogP contribution in [0.5, 0.6) is 0 Å². The van der Waals surface area contributed by atoms with Gasteiger partial charge in [0.15, 0.2) is 0 Å². The van der Waals surface area contributed by atoms with E-state index in [-0.39, 0.29) is 11.3 Å². The monoisotopic (exact) mass is 419 g/mol. The first-order chi connectivity index (χ1) is 13.4. The van der Waals surface area contributed by atoms with Crippen molar-refractivity contribution in [3.05, 3.63) is 75.3 Å². The fourth-order valence-corrected chi connectivity index (χ4v) is 3.50. The molecule has 0 bridgehead atoms. The van der Waals surface area contributed by atoms with Gasteiger partial charge in [-0.3, -0.25) is 9.59 Å². The van der Waals surface area contributed by atoms with Crippen LogP contribution in [0.4, 0.5) is 0 Å². The molecule has 146 valence electrons. The second-order valence-electron chi connectivity index (χ2n) is 6.40. The zero-order valence-electron chi connectivity index (χ0n) is 15.2. The Labute approximate surface area is 173 Å². The summed E-state index contributed by atoms with van der Waals surface area (Å²) in [7, 11) is 1.57. The lowest BCUT2D eigenvalue weighted by atomic mass is 9.95. The number of carbonyl (C=O) groups is 2. The van der Waals surface area contributed by atoms with Gasteiger partial charge in [0.2, 0.25) is 0 Å². The Balaban J connectivity index is 2.10. The third-order valence-corrected chi connectivity index (χ3v) is 5.09. The zero-order chi connectivity index (χ0) is 20.3. The molecule has 1 heterocycles. The average molecular weight is 420 g/mol. The van der Waals surface area contributed by atoms with Gasteiger partial charge in [0.25, 0.3) is 11.7 Å². The average Bonchev–Trinajstić information content (AvgIpc) is 2.94. The Kier molecular flexibility index (Phi) is 6.39. The molecule has 2 aromatic rings. The molecule has 1 fully saturated rings. The number of Topliss-reactive ketones (excluding diaryl/α,β-unsaturated/α-hetero) is 1. The van der Waals surface area contributed by atoms with Crippen LogP contribution in [0.3, 0.4) is 0 Å². The first-order valence-electron chi connectivity index (χ1n) is 8.72. The quantitative estimate of drug-likeness (QED) is 0.325. The predicted molar refractivity (Wildman–Crippen MR) is 108 cm³/mol. The van der Waals surface area contributed by atoms with E-state index in [4.69, 9.17) is 27.9 Å². The van der Waals surface area contributed by atoms with E-state index in [1.165, 1.54) is 4.90 Å². The number of carbonyl (C=O) groups excluding carboxylic acids is 2. The number of likely N-dealkylation sites (tertiary alicyclic amines) is 1. The van der Waals surface area contributed by atoms with E-state index in [1.807, 2.05) is 0 Å². The summed E-state index contributed by atoms with van der Waals surface area (Å²) in [6.45, 7) is 0.774. The predicted octanol–water partition coefficient (Wildman–Crippen LogP) is 4.45. The molecular formula is C21H19Cl2NO4. The highest BCUT2D eigenvalue weighted by molar-refractivity contribution is 6.46. The number of aliphatic hydroxyl groups excluding tert-OH is 1. The van der Waals surface area contributed by atoms with Crippen molar-refractivity contribution in [2.24, 2.45) is 0 Å². The highest BCUT2D eigenvalue weighted by Crippen LogP contribution is 2.39. The molecule has 3 rings (SSSR count). The lowest BCUT2D eigenvalue weighted by molar-refractivity contribution is -0.140. The standard InChI is InChI=1S/C21H19Cl2NO4/c1-28-12-2-11-24-18(13-3-7-15(22)8-4-13)17(20(26)21(24)27)19(25)14-5-9-16(23)10-6-14/h3-10,18,25H,2,11-12H2,1H3/t18-/m1/s1. The topological polar surface area (TPSA) is 66.8 Å². The molecule has 2 aromatic carbocycles. The summed E-state index contributed by atoms with van der Waals surface area (Å²) in [5, 5.41) is 11.9. The fourth-order valence-electron chi connectivity index (χ4n) is 3.24. The molecule has 1 aliphatic rings. The summed E-state index contributed by atoms with van der Waals surface area (Å²) in [5.74, 6) is -1.60. The maximum Gasteiger partial charge on any atom is 0.295 e. The van der Waals surface area contributed by atoms with E-state index in [0.29, 0.717) is 40.7 Å². The third kappa shape index (κ3) is 4.07. The van der Waals surface area contributed by atoms with E-state index < -0.39 is 17.7 Å². The van der Waals surface area contributed by atoms with Crippen LogP contribution in [0.15, 0.2) is 54.1 Å². The third-order valence-electron chi connectivity index (χ3n) is 4.59. The van der Waals surface area contributed by atoms with E-state index in [0.717, 1.165) is 0 Å². The number of methoxy groups -OCH3 is 1. The molecule has 1 atom stereocenters. The number of hydrogen-bond donors (Lipinski definition) is 1. The van der Waals surface area contributed by atoms with Crippen molar-refractivity contribution in [1.82, 2.24) is 4.90 Å². The van der Waals surface area contributed by atoms with Gasteiger partial charge < -0.3 is 14.7 Å². The number of ether oxygens (including phenoxy) is 1. The van der Waals surface area contributed by atoms with Gasteiger partial charge in [0.05, 0.1) is 11.6 Å².